The van der Waals surface area contributed by atoms with Gasteiger partial charge in [0, 0.05) is 37.1 Å². The van der Waals surface area contributed by atoms with E-state index in [2.05, 4.69) is 15.3 Å². The third-order valence-electron chi connectivity index (χ3n) is 3.98. The van der Waals surface area contributed by atoms with Crippen LogP contribution in [0.25, 0.3) is 0 Å². The summed E-state index contributed by atoms with van der Waals surface area (Å²) in [6.45, 7) is 0.604. The van der Waals surface area contributed by atoms with Gasteiger partial charge in [-0.3, -0.25) is 4.79 Å². The van der Waals surface area contributed by atoms with Gasteiger partial charge < -0.3 is 5.32 Å². The molecule has 138 valence electrons. The van der Waals surface area contributed by atoms with Crippen LogP contribution in [-0.4, -0.2) is 30.5 Å². The fraction of sp³-hybridized carbons (Fsp3) is 0.353. The van der Waals surface area contributed by atoms with Crippen molar-refractivity contribution in [2.75, 3.05) is 11.6 Å². The minimum absolute atomic E-state index is 0.113. The number of nitrogens with zero attached hydrogens (tertiary/aromatic N) is 2. The Morgan fingerprint density at radius 1 is 1.23 bits per heavy atom. The summed E-state index contributed by atoms with van der Waals surface area (Å²) in [5.41, 5.74) is -0.761. The lowest BCUT2D eigenvalue weighted by Gasteiger charge is -2.18. The van der Waals surface area contributed by atoms with E-state index < -0.39 is 32.1 Å². The van der Waals surface area contributed by atoms with E-state index in [-0.39, 0.29) is 11.3 Å². The molecule has 26 heavy (non-hydrogen) atoms. The highest BCUT2D eigenvalue weighted by atomic mass is 32.2. The van der Waals surface area contributed by atoms with Crippen molar-refractivity contribution in [2.24, 2.45) is 0 Å². The van der Waals surface area contributed by atoms with Gasteiger partial charge in [0.1, 0.15) is 5.82 Å². The van der Waals surface area contributed by atoms with Crippen molar-refractivity contribution >= 4 is 21.4 Å². The number of alkyl halides is 2. The van der Waals surface area contributed by atoms with Gasteiger partial charge in [-0.25, -0.2) is 27.2 Å². The number of sulfone groups is 1. The van der Waals surface area contributed by atoms with Crippen molar-refractivity contribution in [1.29, 1.82) is 0 Å². The zero-order chi connectivity index (χ0) is 19.1. The number of carbonyl (C=O) groups is 1. The van der Waals surface area contributed by atoms with Crippen molar-refractivity contribution in [3.05, 3.63) is 47.5 Å². The maximum absolute atomic E-state index is 13.8. The van der Waals surface area contributed by atoms with Crippen molar-refractivity contribution in [2.45, 2.75) is 36.5 Å². The Kier molecular flexibility index (Phi) is 4.51. The Morgan fingerprint density at radius 2 is 1.85 bits per heavy atom. The lowest BCUT2D eigenvalue weighted by molar-refractivity contribution is 0.0145. The van der Waals surface area contributed by atoms with Crippen molar-refractivity contribution in [1.82, 2.24) is 9.97 Å². The normalized spacial score (nSPS) is 14.9. The van der Waals surface area contributed by atoms with Crippen LogP contribution >= 0.6 is 0 Å². The molecule has 6 nitrogen and oxygen atoms in total. The maximum Gasteiger partial charge on any atom is 0.271 e. The maximum atomic E-state index is 13.8. The first-order valence-electron chi connectivity index (χ1n) is 7.92. The zero-order valence-corrected chi connectivity index (χ0v) is 15.0. The minimum atomic E-state index is -4.01. The third-order valence-corrected chi connectivity index (χ3v) is 5.16. The number of carbonyl (C=O) groups excluding carboxylic acids is 1. The highest BCUT2D eigenvalue weighted by molar-refractivity contribution is 7.91. The fourth-order valence-corrected chi connectivity index (χ4v) is 3.75. The van der Waals surface area contributed by atoms with E-state index in [4.69, 9.17) is 0 Å². The number of nitrogens with one attached hydrogen (secondary N) is 1. The van der Waals surface area contributed by atoms with Crippen LogP contribution in [0.1, 0.15) is 47.4 Å². The number of rotatable bonds is 5. The number of halogens is 2. The first kappa shape index (κ1) is 18.4. The summed E-state index contributed by atoms with van der Waals surface area (Å²) in [6.07, 6.45) is 5.53. The SMILES string of the molecule is CC(F)(F)c1cccc(NC(=O)c2cnc(C3CC3)nc2)c1S(C)(=O)=O. The van der Waals surface area contributed by atoms with Crippen LogP contribution in [0, 0.1) is 0 Å². The molecular formula is C17H17F2N3O3S. The average Bonchev–Trinajstić information content (AvgIpc) is 3.38. The molecule has 0 spiro atoms. The summed E-state index contributed by atoms with van der Waals surface area (Å²) in [4.78, 5) is 20.0. The summed E-state index contributed by atoms with van der Waals surface area (Å²) >= 11 is 0. The number of amides is 1. The average molecular weight is 381 g/mol. The van der Waals surface area contributed by atoms with Gasteiger partial charge in [0.15, 0.2) is 9.84 Å². The Morgan fingerprint density at radius 3 is 2.35 bits per heavy atom. The van der Waals surface area contributed by atoms with E-state index in [9.17, 15) is 22.0 Å². The molecule has 0 atom stereocenters. The first-order valence-corrected chi connectivity index (χ1v) is 9.81. The molecule has 0 saturated heterocycles. The quantitative estimate of drug-likeness (QED) is 0.860. The smallest absolute Gasteiger partial charge is 0.271 e. The second-order valence-corrected chi connectivity index (χ2v) is 8.35. The number of aromatic nitrogens is 2. The van der Waals surface area contributed by atoms with E-state index in [1.165, 1.54) is 24.5 Å². The van der Waals surface area contributed by atoms with E-state index in [1.807, 2.05) is 0 Å². The lowest BCUT2D eigenvalue weighted by atomic mass is 10.1. The monoisotopic (exact) mass is 381 g/mol. The molecule has 2 aromatic rings. The topological polar surface area (TPSA) is 89.0 Å². The molecule has 1 amide bonds. The molecule has 1 fully saturated rings. The summed E-state index contributed by atoms with van der Waals surface area (Å²) in [5.74, 6) is -3.07. The van der Waals surface area contributed by atoms with Crippen LogP contribution in [0.2, 0.25) is 0 Å². The van der Waals surface area contributed by atoms with Gasteiger partial charge in [-0.05, 0) is 18.9 Å². The van der Waals surface area contributed by atoms with Crippen molar-refractivity contribution < 1.29 is 22.0 Å². The first-order chi connectivity index (χ1) is 12.1. The molecule has 9 heteroatoms. The van der Waals surface area contributed by atoms with Crippen LogP contribution in [0.5, 0.6) is 0 Å². The molecule has 0 aliphatic heterocycles. The van der Waals surface area contributed by atoms with Gasteiger partial charge in [0.25, 0.3) is 11.8 Å². The lowest BCUT2D eigenvalue weighted by Crippen LogP contribution is -2.19. The molecule has 0 radical (unpaired) electrons. The Labute approximate surface area is 149 Å². The molecular weight excluding hydrogens is 364 g/mol. The zero-order valence-electron chi connectivity index (χ0n) is 14.2. The highest BCUT2D eigenvalue weighted by Crippen LogP contribution is 2.38. The summed E-state index contributed by atoms with van der Waals surface area (Å²) < 4.78 is 51.7. The van der Waals surface area contributed by atoms with Crippen LogP contribution in [0.15, 0.2) is 35.5 Å². The van der Waals surface area contributed by atoms with Gasteiger partial charge >= 0.3 is 0 Å². The van der Waals surface area contributed by atoms with Gasteiger partial charge in [0.2, 0.25) is 0 Å². The number of benzene rings is 1. The van der Waals surface area contributed by atoms with Gasteiger partial charge in [-0.1, -0.05) is 12.1 Å². The summed E-state index contributed by atoms with van der Waals surface area (Å²) in [5, 5.41) is 2.38. The van der Waals surface area contributed by atoms with Gasteiger partial charge in [-0.2, -0.15) is 0 Å². The van der Waals surface area contributed by atoms with E-state index in [0.717, 1.165) is 25.2 Å². The fourth-order valence-electron chi connectivity index (χ4n) is 2.58. The predicted octanol–water partition coefficient (Wildman–Crippen LogP) is 3.12. The molecule has 1 saturated carbocycles. The third kappa shape index (κ3) is 3.87. The number of anilines is 1. The molecule has 3 rings (SSSR count). The summed E-state index contributed by atoms with van der Waals surface area (Å²) in [7, 11) is -4.01. The predicted molar refractivity (Wildman–Crippen MR) is 91.1 cm³/mol. The van der Waals surface area contributed by atoms with Gasteiger partial charge in [-0.15, -0.1) is 0 Å². The highest BCUT2D eigenvalue weighted by Gasteiger charge is 2.33. The molecule has 1 heterocycles. The molecule has 0 bridgehead atoms. The Balaban J connectivity index is 1.95. The molecule has 1 N–H and O–H groups in total. The minimum Gasteiger partial charge on any atom is -0.321 e. The molecule has 1 aliphatic rings. The van der Waals surface area contributed by atoms with Gasteiger partial charge in [0.05, 0.1) is 16.1 Å². The Bertz CT molecular complexity index is 950. The van der Waals surface area contributed by atoms with E-state index in [0.29, 0.717) is 18.7 Å². The molecule has 1 aliphatic carbocycles. The Hall–Kier alpha value is -2.42. The number of hydrogen-bond acceptors (Lipinski definition) is 5. The van der Waals surface area contributed by atoms with Crippen LogP contribution in [-0.2, 0) is 15.8 Å². The van der Waals surface area contributed by atoms with Crippen molar-refractivity contribution in [3.8, 4) is 0 Å². The standard InChI is InChI=1S/C17H17F2N3O3S/c1-17(18,19)12-4-3-5-13(14(12)26(2,24)25)22-16(23)11-8-20-15(21-9-11)10-6-7-10/h3-5,8-10H,6-7H2,1-2H3,(H,22,23). The molecule has 1 aromatic heterocycles. The molecule has 1 aromatic carbocycles. The molecule has 0 unspecified atom stereocenters. The summed E-state index contributed by atoms with van der Waals surface area (Å²) in [6, 6.07) is 3.56. The van der Waals surface area contributed by atoms with E-state index >= 15 is 0 Å². The second kappa shape index (κ2) is 6.39. The van der Waals surface area contributed by atoms with Crippen LogP contribution < -0.4 is 5.32 Å². The van der Waals surface area contributed by atoms with Crippen molar-refractivity contribution in [3.63, 3.8) is 0 Å². The number of hydrogen-bond donors (Lipinski definition) is 1. The largest absolute Gasteiger partial charge is 0.321 e. The van der Waals surface area contributed by atoms with Crippen LogP contribution in [0.4, 0.5) is 14.5 Å². The van der Waals surface area contributed by atoms with E-state index in [1.54, 1.807) is 0 Å². The van der Waals surface area contributed by atoms with Crippen LogP contribution in [0.3, 0.4) is 0 Å². The second-order valence-electron chi connectivity index (χ2n) is 6.40.